The molecule has 2 aromatic carbocycles. The van der Waals surface area contributed by atoms with Gasteiger partial charge in [0.15, 0.2) is 11.3 Å². The minimum Gasteiger partial charge on any atom is -0.456 e. The van der Waals surface area contributed by atoms with E-state index in [9.17, 15) is 4.79 Å². The molecule has 5 nitrogen and oxygen atoms in total. The number of esters is 1. The van der Waals surface area contributed by atoms with Crippen molar-refractivity contribution < 1.29 is 9.53 Å². The minimum atomic E-state index is -0.478. The molecule has 0 bridgehead atoms. The van der Waals surface area contributed by atoms with E-state index in [1.165, 1.54) is 0 Å². The highest BCUT2D eigenvalue weighted by molar-refractivity contribution is 6.07. The monoisotopic (exact) mass is 303 g/mol. The first-order valence-electron chi connectivity index (χ1n) is 7.26. The molecule has 0 spiro atoms. The molecular weight excluding hydrogens is 290 g/mol. The van der Waals surface area contributed by atoms with Gasteiger partial charge in [-0.05, 0) is 17.7 Å². The van der Waals surface area contributed by atoms with E-state index >= 15 is 0 Å². The molecule has 0 aliphatic heterocycles. The Balaban J connectivity index is 1.63. The summed E-state index contributed by atoms with van der Waals surface area (Å²) in [5, 5.41) is 9.92. The van der Waals surface area contributed by atoms with Crippen molar-refractivity contribution in [3.63, 3.8) is 0 Å². The van der Waals surface area contributed by atoms with E-state index in [0.717, 1.165) is 21.9 Å². The number of H-pyrrole nitrogens is 1. The molecule has 1 N–H and O–H groups in total. The van der Waals surface area contributed by atoms with Crippen LogP contribution in [0.15, 0.2) is 60.7 Å². The predicted octanol–water partition coefficient (Wildman–Crippen LogP) is 3.47. The van der Waals surface area contributed by atoms with Crippen molar-refractivity contribution in [2.24, 2.45) is 0 Å². The molecule has 4 aromatic rings. The van der Waals surface area contributed by atoms with E-state index in [1.807, 2.05) is 54.6 Å². The van der Waals surface area contributed by atoms with Gasteiger partial charge in [-0.25, -0.2) is 4.79 Å². The van der Waals surface area contributed by atoms with E-state index in [4.69, 9.17) is 4.74 Å². The number of benzene rings is 2. The molecule has 0 saturated heterocycles. The fourth-order valence-electron chi connectivity index (χ4n) is 2.54. The second kappa shape index (κ2) is 5.53. The van der Waals surface area contributed by atoms with Crippen LogP contribution in [-0.4, -0.2) is 21.2 Å². The van der Waals surface area contributed by atoms with Gasteiger partial charge in [-0.2, -0.15) is 0 Å². The number of hydrogen-bond acceptors (Lipinski definition) is 4. The highest BCUT2D eigenvalue weighted by Crippen LogP contribution is 2.23. The standard InChI is InChI=1S/C18H13N3O2/c22-18(23-11-12-6-2-1-3-7-12)16-10-14-13-8-4-5-9-15(13)19-17(14)21-20-16/h1-10H,11H2,(H,19,21). The van der Waals surface area contributed by atoms with Crippen LogP contribution >= 0.6 is 0 Å². The Kier molecular flexibility index (Phi) is 3.24. The summed E-state index contributed by atoms with van der Waals surface area (Å²) >= 11 is 0. The number of hydrogen-bond donors (Lipinski definition) is 1. The average molecular weight is 303 g/mol. The molecule has 0 fully saturated rings. The first-order valence-corrected chi connectivity index (χ1v) is 7.26. The molecule has 23 heavy (non-hydrogen) atoms. The lowest BCUT2D eigenvalue weighted by atomic mass is 10.2. The summed E-state index contributed by atoms with van der Waals surface area (Å²) in [5.41, 5.74) is 2.76. The van der Waals surface area contributed by atoms with Crippen molar-refractivity contribution >= 4 is 27.9 Å². The number of carbonyl (C=O) groups is 1. The maximum Gasteiger partial charge on any atom is 0.359 e. The van der Waals surface area contributed by atoms with E-state index in [0.29, 0.717) is 5.65 Å². The molecule has 4 rings (SSSR count). The first-order chi connectivity index (χ1) is 11.3. The summed E-state index contributed by atoms with van der Waals surface area (Å²) in [5.74, 6) is -0.478. The molecule has 0 atom stereocenters. The SMILES string of the molecule is O=C(OCc1ccccc1)c1cc2c(nn1)[nH]c1ccccc12. The van der Waals surface area contributed by atoms with Crippen molar-refractivity contribution in [1.82, 2.24) is 15.2 Å². The van der Waals surface area contributed by atoms with Crippen LogP contribution in [0, 0.1) is 0 Å². The van der Waals surface area contributed by atoms with Crippen molar-refractivity contribution in [3.05, 3.63) is 71.9 Å². The highest BCUT2D eigenvalue weighted by Gasteiger charge is 2.13. The second-order valence-electron chi connectivity index (χ2n) is 5.22. The molecule has 112 valence electrons. The summed E-state index contributed by atoms with van der Waals surface area (Å²) in [4.78, 5) is 15.4. The lowest BCUT2D eigenvalue weighted by Gasteiger charge is -2.04. The Labute approximate surface area is 131 Å². The number of carbonyl (C=O) groups excluding carboxylic acids is 1. The quantitative estimate of drug-likeness (QED) is 0.588. The van der Waals surface area contributed by atoms with Gasteiger partial charge in [-0.15, -0.1) is 10.2 Å². The highest BCUT2D eigenvalue weighted by atomic mass is 16.5. The Morgan fingerprint density at radius 1 is 0.957 bits per heavy atom. The van der Waals surface area contributed by atoms with Gasteiger partial charge >= 0.3 is 5.97 Å². The van der Waals surface area contributed by atoms with Gasteiger partial charge in [-0.3, -0.25) is 0 Å². The third-order valence-electron chi connectivity index (χ3n) is 3.69. The molecule has 0 aliphatic rings. The van der Waals surface area contributed by atoms with Crippen LogP contribution in [0.2, 0.25) is 0 Å². The van der Waals surface area contributed by atoms with Crippen LogP contribution in [0.5, 0.6) is 0 Å². The van der Waals surface area contributed by atoms with Crippen LogP contribution in [0.1, 0.15) is 16.1 Å². The van der Waals surface area contributed by atoms with Crippen LogP contribution in [0.3, 0.4) is 0 Å². The van der Waals surface area contributed by atoms with Crippen molar-refractivity contribution in [2.75, 3.05) is 0 Å². The zero-order valence-corrected chi connectivity index (χ0v) is 12.2. The number of nitrogens with one attached hydrogen (secondary N) is 1. The number of ether oxygens (including phenoxy) is 1. The van der Waals surface area contributed by atoms with E-state index < -0.39 is 5.97 Å². The Morgan fingerprint density at radius 2 is 1.74 bits per heavy atom. The van der Waals surface area contributed by atoms with Gasteiger partial charge in [0.05, 0.1) is 0 Å². The number of aromatic nitrogens is 3. The Bertz CT molecular complexity index is 993. The number of fused-ring (bicyclic) bond motifs is 3. The van der Waals surface area contributed by atoms with E-state index in [-0.39, 0.29) is 12.3 Å². The smallest absolute Gasteiger partial charge is 0.359 e. The van der Waals surface area contributed by atoms with E-state index in [2.05, 4.69) is 15.2 Å². The summed E-state index contributed by atoms with van der Waals surface area (Å²) in [7, 11) is 0. The summed E-state index contributed by atoms with van der Waals surface area (Å²) in [6.07, 6.45) is 0. The van der Waals surface area contributed by atoms with E-state index in [1.54, 1.807) is 6.07 Å². The van der Waals surface area contributed by atoms with Gasteiger partial charge in [0.25, 0.3) is 0 Å². The van der Waals surface area contributed by atoms with Gasteiger partial charge in [-0.1, -0.05) is 48.5 Å². The fourth-order valence-corrected chi connectivity index (χ4v) is 2.54. The molecule has 0 radical (unpaired) electrons. The maximum absolute atomic E-state index is 12.2. The number of nitrogens with zero attached hydrogens (tertiary/aromatic N) is 2. The number of rotatable bonds is 3. The number of aromatic amines is 1. The second-order valence-corrected chi connectivity index (χ2v) is 5.22. The first kappa shape index (κ1) is 13.5. The number of para-hydroxylation sites is 1. The molecule has 0 aliphatic carbocycles. The van der Waals surface area contributed by atoms with Crippen LogP contribution in [-0.2, 0) is 11.3 Å². The Morgan fingerprint density at radius 3 is 2.61 bits per heavy atom. The maximum atomic E-state index is 12.2. The topological polar surface area (TPSA) is 67.9 Å². The lowest BCUT2D eigenvalue weighted by Crippen LogP contribution is -2.08. The fraction of sp³-hybridized carbons (Fsp3) is 0.0556. The van der Waals surface area contributed by atoms with Gasteiger partial charge < -0.3 is 9.72 Å². The summed E-state index contributed by atoms with van der Waals surface area (Å²) in [6, 6.07) is 19.1. The van der Waals surface area contributed by atoms with Crippen molar-refractivity contribution in [3.8, 4) is 0 Å². The molecule has 0 unspecified atom stereocenters. The molecule has 2 heterocycles. The third-order valence-corrected chi connectivity index (χ3v) is 3.69. The molecular formula is C18H13N3O2. The molecule has 0 amide bonds. The van der Waals surface area contributed by atoms with Gasteiger partial charge in [0, 0.05) is 16.3 Å². The zero-order valence-electron chi connectivity index (χ0n) is 12.2. The summed E-state index contributed by atoms with van der Waals surface area (Å²) < 4.78 is 5.30. The lowest BCUT2D eigenvalue weighted by molar-refractivity contribution is 0.0464. The zero-order chi connectivity index (χ0) is 15.6. The molecule has 0 saturated carbocycles. The molecule has 5 heteroatoms. The minimum absolute atomic E-state index is 0.207. The third kappa shape index (κ3) is 2.53. The largest absolute Gasteiger partial charge is 0.456 e. The Hall–Kier alpha value is -3.21. The van der Waals surface area contributed by atoms with Crippen molar-refractivity contribution in [1.29, 1.82) is 0 Å². The van der Waals surface area contributed by atoms with Crippen LogP contribution < -0.4 is 0 Å². The van der Waals surface area contributed by atoms with Crippen LogP contribution in [0.4, 0.5) is 0 Å². The molecule has 2 aromatic heterocycles. The van der Waals surface area contributed by atoms with Gasteiger partial charge in [0.2, 0.25) is 0 Å². The average Bonchev–Trinajstić information content (AvgIpc) is 2.98. The normalized spacial score (nSPS) is 11.0. The van der Waals surface area contributed by atoms with Crippen LogP contribution in [0.25, 0.3) is 21.9 Å². The predicted molar refractivity (Wildman–Crippen MR) is 87.0 cm³/mol. The summed E-state index contributed by atoms with van der Waals surface area (Å²) in [6.45, 7) is 0.216. The van der Waals surface area contributed by atoms with Crippen molar-refractivity contribution in [2.45, 2.75) is 6.61 Å². The van der Waals surface area contributed by atoms with Gasteiger partial charge in [0.1, 0.15) is 6.61 Å².